The van der Waals surface area contributed by atoms with Gasteiger partial charge in [0.25, 0.3) is 5.91 Å². The Kier molecular flexibility index (Phi) is 5.10. The van der Waals surface area contributed by atoms with E-state index in [1.807, 2.05) is 60.4 Å². The topological polar surface area (TPSA) is 78.1 Å². The van der Waals surface area contributed by atoms with Crippen molar-refractivity contribution < 1.29 is 9.59 Å². The zero-order valence-electron chi connectivity index (χ0n) is 15.9. The van der Waals surface area contributed by atoms with E-state index in [2.05, 4.69) is 15.5 Å². The number of hydrogen-bond acceptors (Lipinski definition) is 3. The van der Waals surface area contributed by atoms with Crippen LogP contribution in [0.3, 0.4) is 0 Å². The number of aryl methyl sites for hydroxylation is 1. The minimum Gasteiger partial charge on any atom is -0.349 e. The van der Waals surface area contributed by atoms with E-state index in [0.717, 1.165) is 35.0 Å². The lowest BCUT2D eigenvalue weighted by molar-refractivity contribution is -0.131. The summed E-state index contributed by atoms with van der Waals surface area (Å²) in [6, 6.07) is 15.5. The van der Waals surface area contributed by atoms with Crippen LogP contribution in [0.5, 0.6) is 0 Å². The SMILES string of the molecule is Cc1ccccc1C(=O)NC1CCN(C(=O)Cc2[nH]nc3ccccc23)CC1. The van der Waals surface area contributed by atoms with E-state index in [1.54, 1.807) is 0 Å². The summed E-state index contributed by atoms with van der Waals surface area (Å²) in [6.07, 6.45) is 1.86. The van der Waals surface area contributed by atoms with Crippen molar-refractivity contribution in [1.29, 1.82) is 0 Å². The summed E-state index contributed by atoms with van der Waals surface area (Å²) in [5.41, 5.74) is 3.42. The van der Waals surface area contributed by atoms with Crippen molar-refractivity contribution in [3.63, 3.8) is 0 Å². The summed E-state index contributed by atoms with van der Waals surface area (Å²) in [7, 11) is 0. The molecule has 1 fully saturated rings. The van der Waals surface area contributed by atoms with Gasteiger partial charge in [0.1, 0.15) is 0 Å². The van der Waals surface area contributed by atoms with Crippen molar-refractivity contribution in [3.05, 3.63) is 65.4 Å². The van der Waals surface area contributed by atoms with Crippen LogP contribution in [0.25, 0.3) is 10.9 Å². The first-order chi connectivity index (χ1) is 13.6. The average molecular weight is 376 g/mol. The maximum Gasteiger partial charge on any atom is 0.251 e. The Balaban J connectivity index is 1.32. The zero-order valence-corrected chi connectivity index (χ0v) is 15.9. The molecule has 0 radical (unpaired) electrons. The molecule has 0 spiro atoms. The summed E-state index contributed by atoms with van der Waals surface area (Å²) in [6.45, 7) is 3.25. The van der Waals surface area contributed by atoms with Crippen LogP contribution < -0.4 is 5.32 Å². The molecular formula is C22H24N4O2. The molecule has 0 atom stereocenters. The monoisotopic (exact) mass is 376 g/mol. The molecule has 144 valence electrons. The molecule has 6 heteroatoms. The van der Waals surface area contributed by atoms with Gasteiger partial charge in [-0.15, -0.1) is 0 Å². The van der Waals surface area contributed by atoms with Gasteiger partial charge in [0, 0.05) is 30.1 Å². The predicted octanol–water partition coefficient (Wildman–Crippen LogP) is 2.83. The number of aromatic nitrogens is 2. The van der Waals surface area contributed by atoms with Crippen LogP contribution in [-0.4, -0.2) is 46.0 Å². The number of carbonyl (C=O) groups excluding carboxylic acids is 2. The fourth-order valence-electron chi connectivity index (χ4n) is 3.78. The minimum absolute atomic E-state index is 0.0354. The van der Waals surface area contributed by atoms with Crippen LogP contribution in [0.4, 0.5) is 0 Å². The number of amides is 2. The van der Waals surface area contributed by atoms with Crippen LogP contribution in [0, 0.1) is 6.92 Å². The third-order valence-electron chi connectivity index (χ3n) is 5.44. The molecule has 2 N–H and O–H groups in total. The lowest BCUT2D eigenvalue weighted by Crippen LogP contribution is -2.47. The van der Waals surface area contributed by atoms with Crippen molar-refractivity contribution >= 4 is 22.7 Å². The first-order valence-electron chi connectivity index (χ1n) is 9.68. The van der Waals surface area contributed by atoms with E-state index in [4.69, 9.17) is 0 Å². The molecule has 1 aliphatic heterocycles. The Bertz CT molecular complexity index is 1000. The van der Waals surface area contributed by atoms with E-state index >= 15 is 0 Å². The van der Waals surface area contributed by atoms with E-state index < -0.39 is 0 Å². The second-order valence-corrected chi connectivity index (χ2v) is 7.34. The molecular weight excluding hydrogens is 352 g/mol. The predicted molar refractivity (Wildman–Crippen MR) is 108 cm³/mol. The Morgan fingerprint density at radius 2 is 1.82 bits per heavy atom. The number of hydrogen-bond donors (Lipinski definition) is 2. The first kappa shape index (κ1) is 18.2. The second-order valence-electron chi connectivity index (χ2n) is 7.34. The van der Waals surface area contributed by atoms with Gasteiger partial charge in [0.05, 0.1) is 17.6 Å². The maximum absolute atomic E-state index is 12.7. The van der Waals surface area contributed by atoms with Gasteiger partial charge >= 0.3 is 0 Å². The number of H-pyrrole nitrogens is 1. The standard InChI is InChI=1S/C22H24N4O2/c1-15-6-2-3-7-17(15)22(28)23-16-10-12-26(13-11-16)21(27)14-20-18-8-4-5-9-19(18)24-25-20/h2-9,16H,10-14H2,1H3,(H,23,28)(H,24,25). The first-order valence-corrected chi connectivity index (χ1v) is 9.68. The summed E-state index contributed by atoms with van der Waals surface area (Å²) in [5, 5.41) is 11.4. The lowest BCUT2D eigenvalue weighted by Gasteiger charge is -2.32. The third kappa shape index (κ3) is 3.76. The van der Waals surface area contributed by atoms with Crippen molar-refractivity contribution in [1.82, 2.24) is 20.4 Å². The van der Waals surface area contributed by atoms with Crippen molar-refractivity contribution in [2.45, 2.75) is 32.2 Å². The Hall–Kier alpha value is -3.15. The number of piperidine rings is 1. The second kappa shape index (κ2) is 7.84. The molecule has 0 bridgehead atoms. The number of benzene rings is 2. The van der Waals surface area contributed by atoms with Gasteiger partial charge in [0.2, 0.25) is 5.91 Å². The minimum atomic E-state index is -0.0354. The van der Waals surface area contributed by atoms with Crippen LogP contribution >= 0.6 is 0 Å². The van der Waals surface area contributed by atoms with Gasteiger partial charge < -0.3 is 10.2 Å². The van der Waals surface area contributed by atoms with Gasteiger partial charge in [0.15, 0.2) is 0 Å². The molecule has 0 unspecified atom stereocenters. The molecule has 1 aliphatic rings. The van der Waals surface area contributed by atoms with Gasteiger partial charge in [-0.2, -0.15) is 5.10 Å². The van der Waals surface area contributed by atoms with Gasteiger partial charge in [-0.05, 0) is 37.5 Å². The van der Waals surface area contributed by atoms with Gasteiger partial charge in [-0.1, -0.05) is 36.4 Å². The van der Waals surface area contributed by atoms with Crippen molar-refractivity contribution in [2.75, 3.05) is 13.1 Å². The summed E-state index contributed by atoms with van der Waals surface area (Å²) >= 11 is 0. The number of para-hydroxylation sites is 1. The number of carbonyl (C=O) groups is 2. The molecule has 6 nitrogen and oxygen atoms in total. The fourth-order valence-corrected chi connectivity index (χ4v) is 3.78. The molecule has 0 saturated carbocycles. The largest absolute Gasteiger partial charge is 0.349 e. The molecule has 3 aromatic rings. The Morgan fingerprint density at radius 3 is 2.61 bits per heavy atom. The molecule has 1 saturated heterocycles. The number of nitrogens with zero attached hydrogens (tertiary/aromatic N) is 2. The summed E-state index contributed by atoms with van der Waals surface area (Å²) in [4.78, 5) is 27.1. The van der Waals surface area contributed by atoms with Crippen LogP contribution in [-0.2, 0) is 11.2 Å². The number of aromatic amines is 1. The smallest absolute Gasteiger partial charge is 0.251 e. The highest BCUT2D eigenvalue weighted by molar-refractivity contribution is 5.95. The average Bonchev–Trinajstić information content (AvgIpc) is 3.12. The molecule has 0 aliphatic carbocycles. The quantitative estimate of drug-likeness (QED) is 0.735. The van der Waals surface area contributed by atoms with Crippen molar-refractivity contribution in [2.24, 2.45) is 0 Å². The summed E-state index contributed by atoms with van der Waals surface area (Å²) in [5.74, 6) is 0.0601. The van der Waals surface area contributed by atoms with Crippen LogP contribution in [0.2, 0.25) is 0 Å². The molecule has 2 amide bonds. The Morgan fingerprint density at radius 1 is 1.11 bits per heavy atom. The van der Waals surface area contributed by atoms with Crippen LogP contribution in [0.15, 0.2) is 48.5 Å². The van der Waals surface area contributed by atoms with Gasteiger partial charge in [-0.25, -0.2) is 0 Å². The van der Waals surface area contributed by atoms with Crippen LogP contribution in [0.1, 0.15) is 34.5 Å². The number of likely N-dealkylation sites (tertiary alicyclic amines) is 1. The molecule has 2 aromatic carbocycles. The molecule has 2 heterocycles. The van der Waals surface area contributed by atoms with E-state index in [-0.39, 0.29) is 17.9 Å². The molecule has 4 rings (SSSR count). The molecule has 28 heavy (non-hydrogen) atoms. The third-order valence-corrected chi connectivity index (χ3v) is 5.44. The van der Waals surface area contributed by atoms with Crippen molar-refractivity contribution in [3.8, 4) is 0 Å². The fraction of sp³-hybridized carbons (Fsp3) is 0.318. The summed E-state index contributed by atoms with van der Waals surface area (Å²) < 4.78 is 0. The van der Waals surface area contributed by atoms with E-state index in [9.17, 15) is 9.59 Å². The number of nitrogens with one attached hydrogen (secondary N) is 2. The van der Waals surface area contributed by atoms with E-state index in [1.165, 1.54) is 0 Å². The Labute approximate surface area is 163 Å². The maximum atomic E-state index is 12.7. The molecule has 1 aromatic heterocycles. The van der Waals surface area contributed by atoms with Gasteiger partial charge in [-0.3, -0.25) is 14.7 Å². The highest BCUT2D eigenvalue weighted by Gasteiger charge is 2.25. The number of rotatable bonds is 4. The number of fused-ring (bicyclic) bond motifs is 1. The lowest BCUT2D eigenvalue weighted by atomic mass is 10.0. The highest BCUT2D eigenvalue weighted by Crippen LogP contribution is 2.18. The van der Waals surface area contributed by atoms with E-state index in [0.29, 0.717) is 25.1 Å². The zero-order chi connectivity index (χ0) is 19.5. The normalized spacial score (nSPS) is 15.0. The highest BCUT2D eigenvalue weighted by atomic mass is 16.2.